The summed E-state index contributed by atoms with van der Waals surface area (Å²) in [5.74, 6) is -0.211. The van der Waals surface area contributed by atoms with Crippen LogP contribution in [0.1, 0.15) is 33.6 Å². The van der Waals surface area contributed by atoms with Crippen LogP contribution in [0, 0.1) is 0 Å². The lowest BCUT2D eigenvalue weighted by molar-refractivity contribution is -0.118. The van der Waals surface area contributed by atoms with Gasteiger partial charge in [0.15, 0.2) is 0 Å². The molecule has 0 unspecified atom stereocenters. The lowest BCUT2D eigenvalue weighted by atomic mass is 10.3. The molecule has 0 aliphatic rings. The highest BCUT2D eigenvalue weighted by Crippen LogP contribution is 1.79. The molecule has 2 nitrogen and oxygen atoms in total. The van der Waals surface area contributed by atoms with Gasteiger partial charge in [-0.1, -0.05) is 12.5 Å². The number of hydrogen-bond donors (Lipinski definition) is 1. The molecule has 2 heteroatoms. The van der Waals surface area contributed by atoms with Gasteiger partial charge in [-0.2, -0.15) is 0 Å². The van der Waals surface area contributed by atoms with Crippen LogP contribution in [-0.2, 0) is 4.79 Å². The summed E-state index contributed by atoms with van der Waals surface area (Å²) in [7, 11) is 0. The molecule has 0 saturated carbocycles. The van der Waals surface area contributed by atoms with Gasteiger partial charge in [-0.3, -0.25) is 4.79 Å². The van der Waals surface area contributed by atoms with Gasteiger partial charge in [0.2, 0.25) is 5.91 Å². The molecule has 0 bridgehead atoms. The summed E-state index contributed by atoms with van der Waals surface area (Å²) >= 11 is 0. The highest BCUT2D eigenvalue weighted by molar-refractivity contribution is 5.73. The van der Waals surface area contributed by atoms with E-state index in [2.05, 4.69) is 6.58 Å². The molecule has 0 radical (unpaired) electrons. The maximum absolute atomic E-state index is 9.82. The third-order valence-corrected chi connectivity index (χ3v) is 0.496. The van der Waals surface area contributed by atoms with Crippen LogP contribution in [0.4, 0.5) is 0 Å². The van der Waals surface area contributed by atoms with E-state index < -0.39 is 0 Å². The molecule has 60 valence electrons. The molecule has 0 spiro atoms. The number of hydrogen-bond acceptors (Lipinski definition) is 1. The third kappa shape index (κ3) is 56.9. The molecule has 0 saturated heterocycles. The van der Waals surface area contributed by atoms with Gasteiger partial charge < -0.3 is 5.73 Å². The monoisotopic (exact) mass is 143 g/mol. The zero-order valence-corrected chi connectivity index (χ0v) is 7.11. The SMILES string of the molecule is C=C(C)C.CCCC(N)=O. The molecule has 0 heterocycles. The van der Waals surface area contributed by atoms with Crippen molar-refractivity contribution < 1.29 is 4.79 Å². The van der Waals surface area contributed by atoms with Crippen LogP contribution < -0.4 is 5.73 Å². The molecule has 0 aliphatic heterocycles. The van der Waals surface area contributed by atoms with Crippen LogP contribution >= 0.6 is 0 Å². The molecule has 10 heavy (non-hydrogen) atoms. The first-order chi connectivity index (χ1) is 4.50. The Morgan fingerprint density at radius 1 is 1.50 bits per heavy atom. The Morgan fingerprint density at radius 3 is 1.80 bits per heavy atom. The summed E-state index contributed by atoms with van der Waals surface area (Å²) in [6.07, 6.45) is 1.37. The van der Waals surface area contributed by atoms with Crippen molar-refractivity contribution in [1.29, 1.82) is 0 Å². The average Bonchev–Trinajstić information content (AvgIpc) is 1.62. The van der Waals surface area contributed by atoms with Crippen LogP contribution in [0.25, 0.3) is 0 Å². The lowest BCUT2D eigenvalue weighted by Crippen LogP contribution is -2.08. The maximum atomic E-state index is 9.82. The molecule has 0 aromatic heterocycles. The van der Waals surface area contributed by atoms with Crippen LogP contribution in [0.5, 0.6) is 0 Å². The molecule has 0 aromatic carbocycles. The third-order valence-electron chi connectivity index (χ3n) is 0.496. The van der Waals surface area contributed by atoms with Crippen LogP contribution in [-0.4, -0.2) is 5.91 Å². The van der Waals surface area contributed by atoms with E-state index in [1.54, 1.807) is 0 Å². The minimum Gasteiger partial charge on any atom is -0.370 e. The number of amides is 1. The predicted molar refractivity (Wildman–Crippen MR) is 44.6 cm³/mol. The summed E-state index contributed by atoms with van der Waals surface area (Å²) in [5, 5.41) is 0. The van der Waals surface area contributed by atoms with Gasteiger partial charge >= 0.3 is 0 Å². The van der Waals surface area contributed by atoms with E-state index in [4.69, 9.17) is 5.73 Å². The van der Waals surface area contributed by atoms with Crippen LogP contribution in [0.3, 0.4) is 0 Å². The minimum absolute atomic E-state index is 0.211. The number of carbonyl (C=O) groups is 1. The van der Waals surface area contributed by atoms with E-state index in [1.807, 2.05) is 20.8 Å². The van der Waals surface area contributed by atoms with Gasteiger partial charge in [0, 0.05) is 6.42 Å². The molecule has 0 rings (SSSR count). The Morgan fingerprint density at radius 2 is 1.80 bits per heavy atom. The van der Waals surface area contributed by atoms with Gasteiger partial charge in [-0.05, 0) is 20.3 Å². The molecular formula is C8H17NO. The number of allylic oxidation sites excluding steroid dienone is 1. The van der Waals surface area contributed by atoms with Crippen LogP contribution in [0.15, 0.2) is 12.2 Å². The summed E-state index contributed by atoms with van der Waals surface area (Å²) < 4.78 is 0. The summed E-state index contributed by atoms with van der Waals surface area (Å²) in [5.41, 5.74) is 5.93. The van der Waals surface area contributed by atoms with Crippen molar-refractivity contribution >= 4 is 5.91 Å². The van der Waals surface area contributed by atoms with Crippen LogP contribution in [0.2, 0.25) is 0 Å². The number of rotatable bonds is 2. The molecule has 0 fully saturated rings. The molecule has 0 atom stereocenters. The fourth-order valence-corrected chi connectivity index (χ4v) is 0.246. The Bertz CT molecular complexity index is 104. The minimum atomic E-state index is -0.211. The number of nitrogens with two attached hydrogens (primary N) is 1. The quantitative estimate of drug-likeness (QED) is 0.589. The van der Waals surface area contributed by atoms with E-state index in [-0.39, 0.29) is 5.91 Å². The normalized spacial score (nSPS) is 7.50. The van der Waals surface area contributed by atoms with E-state index in [0.717, 1.165) is 6.42 Å². The van der Waals surface area contributed by atoms with E-state index in [9.17, 15) is 4.79 Å². The Hall–Kier alpha value is -0.790. The van der Waals surface area contributed by atoms with Crippen molar-refractivity contribution in [3.8, 4) is 0 Å². The van der Waals surface area contributed by atoms with Gasteiger partial charge in [0.1, 0.15) is 0 Å². The lowest BCUT2D eigenvalue weighted by Gasteiger charge is -1.81. The fraction of sp³-hybridized carbons (Fsp3) is 0.625. The first-order valence-electron chi connectivity index (χ1n) is 3.41. The predicted octanol–water partition coefficient (Wildman–Crippen LogP) is 1.85. The van der Waals surface area contributed by atoms with E-state index in [0.29, 0.717) is 6.42 Å². The molecular weight excluding hydrogens is 126 g/mol. The summed E-state index contributed by atoms with van der Waals surface area (Å²) in [4.78, 5) is 9.82. The largest absolute Gasteiger partial charge is 0.370 e. The highest BCUT2D eigenvalue weighted by atomic mass is 16.1. The van der Waals surface area contributed by atoms with Crippen molar-refractivity contribution in [3.05, 3.63) is 12.2 Å². The highest BCUT2D eigenvalue weighted by Gasteiger charge is 1.84. The summed E-state index contributed by atoms with van der Waals surface area (Å²) in [6, 6.07) is 0. The average molecular weight is 143 g/mol. The van der Waals surface area contributed by atoms with Crippen molar-refractivity contribution in [3.63, 3.8) is 0 Å². The number of carbonyl (C=O) groups excluding carboxylic acids is 1. The van der Waals surface area contributed by atoms with Gasteiger partial charge in [0.05, 0.1) is 0 Å². The Labute approximate surface area is 63.1 Å². The van der Waals surface area contributed by atoms with Crippen molar-refractivity contribution in [2.45, 2.75) is 33.6 Å². The maximum Gasteiger partial charge on any atom is 0.217 e. The zero-order valence-electron chi connectivity index (χ0n) is 7.11. The topological polar surface area (TPSA) is 43.1 Å². The smallest absolute Gasteiger partial charge is 0.217 e. The van der Waals surface area contributed by atoms with Crippen molar-refractivity contribution in [1.82, 2.24) is 0 Å². The molecule has 1 amide bonds. The first kappa shape index (κ1) is 11.9. The second kappa shape index (κ2) is 8.21. The second-order valence-electron chi connectivity index (χ2n) is 2.42. The van der Waals surface area contributed by atoms with Crippen molar-refractivity contribution in [2.24, 2.45) is 5.73 Å². The Balaban J connectivity index is 0. The summed E-state index contributed by atoms with van der Waals surface area (Å²) in [6.45, 7) is 9.42. The van der Waals surface area contributed by atoms with E-state index >= 15 is 0 Å². The molecule has 2 N–H and O–H groups in total. The molecule has 0 aromatic rings. The van der Waals surface area contributed by atoms with Crippen molar-refractivity contribution in [2.75, 3.05) is 0 Å². The standard InChI is InChI=1S/C4H9NO.C4H8/c1-2-3-4(5)6;1-4(2)3/h2-3H2,1H3,(H2,5,6);1H2,2-3H3. The first-order valence-corrected chi connectivity index (χ1v) is 3.41. The second-order valence-corrected chi connectivity index (χ2v) is 2.42. The van der Waals surface area contributed by atoms with Gasteiger partial charge in [-0.25, -0.2) is 0 Å². The number of primary amides is 1. The zero-order chi connectivity index (χ0) is 8.57. The van der Waals surface area contributed by atoms with Gasteiger partial charge in [-0.15, -0.1) is 6.58 Å². The Kier molecular flexibility index (Phi) is 9.80. The molecule has 0 aliphatic carbocycles. The van der Waals surface area contributed by atoms with Gasteiger partial charge in [0.25, 0.3) is 0 Å². The van der Waals surface area contributed by atoms with E-state index in [1.165, 1.54) is 5.57 Å². The fourth-order valence-electron chi connectivity index (χ4n) is 0.246.